The quantitative estimate of drug-likeness (QED) is 0.571. The minimum absolute atomic E-state index is 0.718. The second kappa shape index (κ2) is 7.09. The molecule has 0 saturated carbocycles. The van der Waals surface area contributed by atoms with Gasteiger partial charge < -0.3 is 0 Å². The van der Waals surface area contributed by atoms with Crippen LogP contribution < -0.4 is 0 Å². The zero-order chi connectivity index (χ0) is 14.4. The maximum absolute atomic E-state index is 4.04. The SMILES string of the molecule is C=C(C)CC(CC)Cc1ccc(-c2ccccc2)cc1. The third-order valence-corrected chi connectivity index (χ3v) is 3.80. The third kappa shape index (κ3) is 4.09. The molecule has 0 amide bonds. The van der Waals surface area contributed by atoms with Crippen LogP contribution in [0.3, 0.4) is 0 Å². The van der Waals surface area contributed by atoms with Crippen LogP contribution in [0.15, 0.2) is 66.7 Å². The Labute approximate surface area is 123 Å². The highest BCUT2D eigenvalue weighted by molar-refractivity contribution is 5.63. The monoisotopic (exact) mass is 264 g/mol. The summed E-state index contributed by atoms with van der Waals surface area (Å²) in [6.07, 6.45) is 3.50. The van der Waals surface area contributed by atoms with Gasteiger partial charge in [0.25, 0.3) is 0 Å². The number of hydrogen-bond donors (Lipinski definition) is 0. The number of rotatable bonds is 6. The molecule has 20 heavy (non-hydrogen) atoms. The summed E-state index contributed by atoms with van der Waals surface area (Å²) < 4.78 is 0. The molecule has 0 heteroatoms. The van der Waals surface area contributed by atoms with Crippen molar-refractivity contribution in [2.75, 3.05) is 0 Å². The van der Waals surface area contributed by atoms with Crippen LogP contribution in [0, 0.1) is 5.92 Å². The Morgan fingerprint density at radius 2 is 1.55 bits per heavy atom. The van der Waals surface area contributed by atoms with E-state index >= 15 is 0 Å². The highest BCUT2D eigenvalue weighted by Crippen LogP contribution is 2.23. The summed E-state index contributed by atoms with van der Waals surface area (Å²) in [4.78, 5) is 0. The van der Waals surface area contributed by atoms with Gasteiger partial charge in [-0.05, 0) is 42.4 Å². The molecule has 1 atom stereocenters. The summed E-state index contributed by atoms with van der Waals surface area (Å²) in [6, 6.07) is 19.5. The molecule has 0 fully saturated rings. The van der Waals surface area contributed by atoms with Gasteiger partial charge in [-0.1, -0.05) is 73.5 Å². The average Bonchev–Trinajstić information content (AvgIpc) is 2.48. The second-order valence-corrected chi connectivity index (χ2v) is 5.70. The van der Waals surface area contributed by atoms with Crippen LogP contribution in [0.2, 0.25) is 0 Å². The standard InChI is InChI=1S/C20H24/c1-4-17(14-16(2)3)15-18-10-12-20(13-11-18)19-8-6-5-7-9-19/h5-13,17H,2,4,14-15H2,1,3H3. The molecular formula is C20H24. The first kappa shape index (κ1) is 14.6. The molecule has 0 heterocycles. The summed E-state index contributed by atoms with van der Waals surface area (Å²) in [5, 5.41) is 0. The Kier molecular flexibility index (Phi) is 5.17. The predicted molar refractivity (Wildman–Crippen MR) is 88.8 cm³/mol. The molecule has 0 aliphatic carbocycles. The Morgan fingerprint density at radius 3 is 2.10 bits per heavy atom. The Bertz CT molecular complexity index is 534. The molecule has 0 spiro atoms. The van der Waals surface area contributed by atoms with Gasteiger partial charge in [-0.2, -0.15) is 0 Å². The number of benzene rings is 2. The topological polar surface area (TPSA) is 0 Å². The van der Waals surface area contributed by atoms with Crippen LogP contribution in [0.1, 0.15) is 32.3 Å². The van der Waals surface area contributed by atoms with E-state index in [4.69, 9.17) is 0 Å². The van der Waals surface area contributed by atoms with Crippen LogP contribution in [0.5, 0.6) is 0 Å². The molecule has 2 rings (SSSR count). The van der Waals surface area contributed by atoms with Crippen molar-refractivity contribution in [1.29, 1.82) is 0 Å². The summed E-state index contributed by atoms with van der Waals surface area (Å²) in [7, 11) is 0. The number of hydrogen-bond acceptors (Lipinski definition) is 0. The van der Waals surface area contributed by atoms with Gasteiger partial charge in [-0.3, -0.25) is 0 Å². The lowest BCUT2D eigenvalue weighted by Gasteiger charge is -2.15. The molecule has 1 unspecified atom stereocenters. The number of allylic oxidation sites excluding steroid dienone is 1. The maximum atomic E-state index is 4.04. The van der Waals surface area contributed by atoms with E-state index in [-0.39, 0.29) is 0 Å². The van der Waals surface area contributed by atoms with Crippen LogP contribution in [0.4, 0.5) is 0 Å². The smallest absolute Gasteiger partial charge is 0.0184 e. The van der Waals surface area contributed by atoms with E-state index in [0.717, 1.165) is 18.8 Å². The minimum Gasteiger partial charge on any atom is -0.100 e. The second-order valence-electron chi connectivity index (χ2n) is 5.70. The maximum Gasteiger partial charge on any atom is -0.0184 e. The lowest BCUT2D eigenvalue weighted by molar-refractivity contribution is 0.503. The van der Waals surface area contributed by atoms with E-state index in [9.17, 15) is 0 Å². The summed E-state index contributed by atoms with van der Waals surface area (Å²) >= 11 is 0. The lowest BCUT2D eigenvalue weighted by atomic mass is 9.91. The van der Waals surface area contributed by atoms with E-state index in [1.807, 2.05) is 0 Å². The molecule has 0 saturated heterocycles. The van der Waals surface area contributed by atoms with Crippen LogP contribution in [0.25, 0.3) is 11.1 Å². The van der Waals surface area contributed by atoms with Gasteiger partial charge in [0.1, 0.15) is 0 Å². The molecule has 0 nitrogen and oxygen atoms in total. The van der Waals surface area contributed by atoms with Crippen LogP contribution in [-0.2, 0) is 6.42 Å². The van der Waals surface area contributed by atoms with E-state index < -0.39 is 0 Å². The Morgan fingerprint density at radius 1 is 0.950 bits per heavy atom. The molecule has 104 valence electrons. The van der Waals surface area contributed by atoms with Crippen molar-refractivity contribution in [3.63, 3.8) is 0 Å². The third-order valence-electron chi connectivity index (χ3n) is 3.80. The van der Waals surface area contributed by atoms with Gasteiger partial charge in [-0.25, -0.2) is 0 Å². The van der Waals surface area contributed by atoms with Crippen molar-refractivity contribution in [1.82, 2.24) is 0 Å². The summed E-state index contributed by atoms with van der Waals surface area (Å²) in [5.74, 6) is 0.718. The van der Waals surface area contributed by atoms with Crippen molar-refractivity contribution < 1.29 is 0 Å². The molecular weight excluding hydrogens is 240 g/mol. The molecule has 0 radical (unpaired) electrons. The highest BCUT2D eigenvalue weighted by atomic mass is 14.1. The largest absolute Gasteiger partial charge is 0.100 e. The fourth-order valence-electron chi connectivity index (χ4n) is 2.65. The summed E-state index contributed by atoms with van der Waals surface area (Å²) in [6.45, 7) is 8.43. The lowest BCUT2D eigenvalue weighted by Crippen LogP contribution is -2.03. The van der Waals surface area contributed by atoms with Crippen LogP contribution in [-0.4, -0.2) is 0 Å². The van der Waals surface area contributed by atoms with E-state index in [2.05, 4.69) is 75.0 Å². The highest BCUT2D eigenvalue weighted by Gasteiger charge is 2.08. The molecule has 0 aromatic heterocycles. The fraction of sp³-hybridized carbons (Fsp3) is 0.300. The normalized spacial score (nSPS) is 12.1. The van der Waals surface area contributed by atoms with Crippen LogP contribution >= 0.6 is 0 Å². The van der Waals surface area contributed by atoms with Gasteiger partial charge >= 0.3 is 0 Å². The summed E-state index contributed by atoms with van der Waals surface area (Å²) in [5.41, 5.74) is 5.30. The Hall–Kier alpha value is -1.82. The average molecular weight is 264 g/mol. The fourth-order valence-corrected chi connectivity index (χ4v) is 2.65. The van der Waals surface area contributed by atoms with Crippen molar-refractivity contribution in [3.8, 4) is 11.1 Å². The first-order chi connectivity index (χ1) is 9.69. The van der Waals surface area contributed by atoms with Crippen molar-refractivity contribution in [2.45, 2.75) is 33.1 Å². The first-order valence-corrected chi connectivity index (χ1v) is 7.47. The zero-order valence-electron chi connectivity index (χ0n) is 12.6. The zero-order valence-corrected chi connectivity index (χ0v) is 12.6. The molecule has 2 aromatic carbocycles. The van der Waals surface area contributed by atoms with E-state index in [1.54, 1.807) is 0 Å². The molecule has 0 aliphatic rings. The van der Waals surface area contributed by atoms with Gasteiger partial charge in [0, 0.05) is 0 Å². The predicted octanol–water partition coefficient (Wildman–Crippen LogP) is 5.89. The van der Waals surface area contributed by atoms with Gasteiger partial charge in [0.2, 0.25) is 0 Å². The van der Waals surface area contributed by atoms with Gasteiger partial charge in [0.15, 0.2) is 0 Å². The van der Waals surface area contributed by atoms with Gasteiger partial charge in [-0.15, -0.1) is 6.58 Å². The Balaban J connectivity index is 2.06. The van der Waals surface area contributed by atoms with Gasteiger partial charge in [0.05, 0.1) is 0 Å². The first-order valence-electron chi connectivity index (χ1n) is 7.47. The van der Waals surface area contributed by atoms with E-state index in [1.165, 1.54) is 28.7 Å². The van der Waals surface area contributed by atoms with Crippen molar-refractivity contribution in [3.05, 3.63) is 72.3 Å². The van der Waals surface area contributed by atoms with Crippen molar-refractivity contribution >= 4 is 0 Å². The molecule has 0 bridgehead atoms. The molecule has 2 aromatic rings. The molecule has 0 N–H and O–H groups in total. The van der Waals surface area contributed by atoms with Crippen molar-refractivity contribution in [2.24, 2.45) is 5.92 Å². The molecule has 0 aliphatic heterocycles. The van der Waals surface area contributed by atoms with E-state index in [0.29, 0.717) is 0 Å². The minimum atomic E-state index is 0.718.